The Morgan fingerprint density at radius 1 is 1.14 bits per heavy atom. The zero-order chi connectivity index (χ0) is 26.6. The molecule has 0 heterocycles. The van der Waals surface area contributed by atoms with Gasteiger partial charge in [-0.2, -0.15) is 0 Å². The summed E-state index contributed by atoms with van der Waals surface area (Å²) in [5, 5.41) is 13.4. The van der Waals surface area contributed by atoms with Gasteiger partial charge in [0, 0.05) is 13.0 Å². The van der Waals surface area contributed by atoms with Crippen molar-refractivity contribution >= 4 is 13.9 Å². The topological polar surface area (TPSA) is 75.6 Å². The van der Waals surface area contributed by atoms with E-state index in [9.17, 15) is 14.5 Å². The summed E-state index contributed by atoms with van der Waals surface area (Å²) in [5.74, 6) is 3.95. The van der Waals surface area contributed by atoms with E-state index < -0.39 is 8.03 Å². The highest BCUT2D eigenvalue weighted by Gasteiger charge is 2.59. The van der Waals surface area contributed by atoms with Gasteiger partial charge in [0.25, 0.3) is 0 Å². The molecule has 3 fully saturated rings. The van der Waals surface area contributed by atoms with Gasteiger partial charge in [-0.05, 0) is 116 Å². The summed E-state index contributed by atoms with van der Waals surface area (Å²) < 4.78 is 16.0. The van der Waals surface area contributed by atoms with Gasteiger partial charge in [0.2, 0.25) is 5.91 Å². The van der Waals surface area contributed by atoms with Crippen LogP contribution in [0.2, 0.25) is 0 Å². The number of amides is 1. The molecule has 1 unspecified atom stereocenters. The molecule has 1 amide bonds. The molecule has 0 bridgehead atoms. The number of hydrogen-bond acceptors (Lipinski definition) is 4. The highest BCUT2D eigenvalue weighted by molar-refractivity contribution is 7.38. The lowest BCUT2D eigenvalue weighted by molar-refractivity contribution is -0.121. The molecule has 4 aliphatic rings. The Balaban J connectivity index is 1.21. The van der Waals surface area contributed by atoms with Gasteiger partial charge in [-0.3, -0.25) is 4.79 Å². The number of aliphatic hydroxyl groups excluding tert-OH is 1. The fraction of sp³-hybridized carbons (Fsp3) is 0.903. The Morgan fingerprint density at radius 3 is 2.70 bits per heavy atom. The number of hydrogen-bond donors (Lipinski definition) is 2. The van der Waals surface area contributed by atoms with E-state index in [0.717, 1.165) is 81.6 Å². The Labute approximate surface area is 226 Å². The zero-order valence-corrected chi connectivity index (χ0v) is 24.9. The van der Waals surface area contributed by atoms with Crippen LogP contribution in [0, 0.1) is 40.4 Å². The third kappa shape index (κ3) is 6.52. The number of carbonyl (C=O) groups is 1. The van der Waals surface area contributed by atoms with E-state index >= 15 is 0 Å². The van der Waals surface area contributed by atoms with Crippen LogP contribution >= 0.6 is 8.03 Å². The molecule has 0 saturated heterocycles. The first-order chi connectivity index (χ1) is 17.6. The molecule has 5 nitrogen and oxygen atoms in total. The lowest BCUT2D eigenvalue weighted by Gasteiger charge is -2.58. The van der Waals surface area contributed by atoms with Gasteiger partial charge in [0.1, 0.15) is 6.61 Å². The van der Waals surface area contributed by atoms with Crippen molar-refractivity contribution in [3.05, 3.63) is 11.6 Å². The van der Waals surface area contributed by atoms with Crippen LogP contribution in [0.15, 0.2) is 11.6 Å². The van der Waals surface area contributed by atoms with Crippen molar-refractivity contribution in [2.75, 3.05) is 19.8 Å². The molecule has 210 valence electrons. The van der Waals surface area contributed by atoms with Crippen LogP contribution in [0.3, 0.4) is 0 Å². The van der Waals surface area contributed by atoms with Crippen molar-refractivity contribution in [2.24, 2.45) is 40.4 Å². The zero-order valence-electron chi connectivity index (χ0n) is 24.0. The van der Waals surface area contributed by atoms with E-state index in [-0.39, 0.29) is 12.0 Å². The highest BCUT2D eigenvalue weighted by Crippen LogP contribution is 2.67. The molecule has 4 aliphatic carbocycles. The molecule has 6 heteroatoms. The summed E-state index contributed by atoms with van der Waals surface area (Å²) in [6.07, 6.45) is 17.7. The number of fused-ring (bicyclic) bond motifs is 5. The first-order valence-corrected chi connectivity index (χ1v) is 17.0. The molecule has 0 aromatic heterocycles. The number of allylic oxidation sites excluding steroid dienone is 1. The fourth-order valence-electron chi connectivity index (χ4n) is 9.27. The van der Waals surface area contributed by atoms with Crippen LogP contribution in [0.25, 0.3) is 0 Å². The molecule has 0 spiro atoms. The maximum atomic E-state index is 12.5. The van der Waals surface area contributed by atoms with Gasteiger partial charge < -0.3 is 10.4 Å². The quantitative estimate of drug-likeness (QED) is 0.155. The number of rotatable bonds is 12. The summed E-state index contributed by atoms with van der Waals surface area (Å²) in [6, 6.07) is 0. The second-order valence-corrected chi connectivity index (χ2v) is 14.6. The predicted octanol–water partition coefficient (Wildman–Crippen LogP) is 7.41. The maximum absolute atomic E-state index is 12.5. The van der Waals surface area contributed by atoms with Gasteiger partial charge in [0.05, 0.1) is 6.10 Å². The van der Waals surface area contributed by atoms with Gasteiger partial charge in [0.15, 0.2) is 6.66 Å². The summed E-state index contributed by atoms with van der Waals surface area (Å²) >= 11 is 0. The standard InChI is InChI=1S/C31H52NO4P/c1-22(9-14-29(34)32-19-7-5-6-8-20-36-37(4)35)26-12-13-27-25-11-10-23-21-24(33)15-17-30(23,2)28(25)16-18-31(26,27)3/h10,22,24-28,33H,5-9,11-21H2,1-4H3/p+1/t22-,24+,25+,26-,27+,28+,30+,31-/m1/s1. The Morgan fingerprint density at radius 2 is 1.92 bits per heavy atom. The minimum absolute atomic E-state index is 0.126. The molecule has 4 rings (SSSR count). The predicted molar refractivity (Wildman–Crippen MR) is 151 cm³/mol. The molecule has 2 N–H and O–H groups in total. The monoisotopic (exact) mass is 534 g/mol. The van der Waals surface area contributed by atoms with E-state index in [0.29, 0.717) is 29.8 Å². The van der Waals surface area contributed by atoms with Crippen LogP contribution < -0.4 is 5.32 Å². The summed E-state index contributed by atoms with van der Waals surface area (Å²) in [4.78, 5) is 12.5. The molecule has 0 aromatic carbocycles. The van der Waals surface area contributed by atoms with Crippen molar-refractivity contribution in [1.82, 2.24) is 5.32 Å². The molecular weight excluding hydrogens is 481 g/mol. The minimum atomic E-state index is -1.48. The number of nitrogens with one attached hydrogen (secondary N) is 1. The van der Waals surface area contributed by atoms with Crippen LogP contribution in [0.4, 0.5) is 0 Å². The first-order valence-electron chi connectivity index (χ1n) is 15.3. The largest absolute Gasteiger partial charge is 0.504 e. The summed E-state index contributed by atoms with van der Waals surface area (Å²) in [5.41, 5.74) is 2.30. The van der Waals surface area contributed by atoms with Crippen LogP contribution in [0.5, 0.6) is 0 Å². The molecular formula is C31H53NO4P+. The molecule has 37 heavy (non-hydrogen) atoms. The van der Waals surface area contributed by atoms with Crippen molar-refractivity contribution in [2.45, 2.75) is 117 Å². The summed E-state index contributed by atoms with van der Waals surface area (Å²) in [6.45, 7) is 10.4. The van der Waals surface area contributed by atoms with Crippen LogP contribution in [0.1, 0.15) is 111 Å². The van der Waals surface area contributed by atoms with Gasteiger partial charge >= 0.3 is 8.03 Å². The second-order valence-electron chi connectivity index (χ2n) is 13.4. The fourth-order valence-corrected chi connectivity index (χ4v) is 9.65. The Hall–Kier alpha value is -0.770. The van der Waals surface area contributed by atoms with Crippen molar-refractivity contribution < 1.29 is 19.0 Å². The molecule has 9 atom stereocenters. The van der Waals surface area contributed by atoms with Gasteiger partial charge in [-0.15, -0.1) is 4.52 Å². The SMILES string of the molecule is C[C@H](CCC(=O)NCCCCCCO[P+](C)=O)[C@H]1CC[C@H]2[C@@H]3CC=C4C[C@@H](O)CC[C@]4(C)[C@H]3CC[C@]12C. The van der Waals surface area contributed by atoms with Crippen molar-refractivity contribution in [3.8, 4) is 0 Å². The number of carbonyl (C=O) groups excluding carboxylic acids is 1. The average Bonchev–Trinajstić information content (AvgIpc) is 3.21. The van der Waals surface area contributed by atoms with Crippen molar-refractivity contribution in [3.63, 3.8) is 0 Å². The lowest BCUT2D eigenvalue weighted by atomic mass is 9.47. The number of unbranched alkanes of at least 4 members (excludes halogenated alkanes) is 3. The van der Waals surface area contributed by atoms with E-state index in [1.54, 1.807) is 12.2 Å². The van der Waals surface area contributed by atoms with Crippen LogP contribution in [-0.4, -0.2) is 36.9 Å². The second kappa shape index (κ2) is 12.6. The average molecular weight is 535 g/mol. The number of aliphatic hydroxyl groups is 1. The van der Waals surface area contributed by atoms with Gasteiger partial charge in [-0.1, -0.05) is 45.3 Å². The minimum Gasteiger partial charge on any atom is -0.393 e. The normalized spacial score (nSPS) is 38.1. The molecule has 0 aromatic rings. The third-order valence-corrected chi connectivity index (χ3v) is 11.9. The van der Waals surface area contributed by atoms with Crippen LogP contribution in [-0.2, 0) is 13.9 Å². The summed E-state index contributed by atoms with van der Waals surface area (Å²) in [7, 11) is -1.48. The Bertz CT molecular complexity index is 845. The molecule has 0 radical (unpaired) electrons. The highest BCUT2D eigenvalue weighted by atomic mass is 31.1. The molecule has 0 aliphatic heterocycles. The van der Waals surface area contributed by atoms with E-state index in [1.165, 1.54) is 32.1 Å². The maximum Gasteiger partial charge on any atom is 0.504 e. The molecule has 3 saturated carbocycles. The third-order valence-electron chi connectivity index (χ3n) is 11.3. The van der Waals surface area contributed by atoms with E-state index in [2.05, 4.69) is 32.2 Å². The smallest absolute Gasteiger partial charge is 0.393 e. The Kier molecular flexibility index (Phi) is 9.95. The van der Waals surface area contributed by atoms with E-state index in [1.807, 2.05) is 0 Å². The van der Waals surface area contributed by atoms with Crippen molar-refractivity contribution in [1.29, 1.82) is 0 Å². The first kappa shape index (κ1) is 29.2. The lowest BCUT2D eigenvalue weighted by Crippen LogP contribution is -2.50. The van der Waals surface area contributed by atoms with E-state index in [4.69, 9.17) is 4.52 Å². The van der Waals surface area contributed by atoms with Gasteiger partial charge in [-0.25, -0.2) is 0 Å².